The van der Waals surface area contributed by atoms with Crippen molar-refractivity contribution in [1.29, 1.82) is 10.5 Å². The third-order valence-electron chi connectivity index (χ3n) is 2.10. The highest BCUT2D eigenvalue weighted by molar-refractivity contribution is 5.80. The van der Waals surface area contributed by atoms with Gasteiger partial charge in [-0.15, -0.1) is 0 Å². The van der Waals surface area contributed by atoms with Crippen LogP contribution in [0.5, 0.6) is 0 Å². The van der Waals surface area contributed by atoms with Crippen molar-refractivity contribution in [2.45, 2.75) is 6.42 Å². The summed E-state index contributed by atoms with van der Waals surface area (Å²) in [6, 6.07) is 7.55. The third-order valence-corrected chi connectivity index (χ3v) is 2.10. The maximum absolute atomic E-state index is 13.0. The molecule has 0 atom stereocenters. The zero-order chi connectivity index (χ0) is 13.4. The molecule has 1 amide bonds. The van der Waals surface area contributed by atoms with E-state index in [-0.39, 0.29) is 24.4 Å². The number of hydrogen-bond donors (Lipinski definition) is 2. The molecule has 0 unspecified atom stereocenters. The van der Waals surface area contributed by atoms with Crippen LogP contribution in [-0.2, 0) is 4.79 Å². The summed E-state index contributed by atoms with van der Waals surface area (Å²) in [6.45, 7) is 0.297. The average Bonchev–Trinajstić information content (AvgIpc) is 2.38. The van der Waals surface area contributed by atoms with E-state index in [1.807, 2.05) is 6.07 Å². The van der Waals surface area contributed by atoms with Crippen LogP contribution in [0.15, 0.2) is 18.2 Å². The van der Waals surface area contributed by atoms with E-state index in [2.05, 4.69) is 10.6 Å². The molecule has 0 aromatic heterocycles. The van der Waals surface area contributed by atoms with Gasteiger partial charge in [0.05, 0.1) is 24.6 Å². The van der Waals surface area contributed by atoms with Crippen LogP contribution < -0.4 is 10.6 Å². The van der Waals surface area contributed by atoms with Crippen molar-refractivity contribution in [2.24, 2.45) is 0 Å². The Kier molecular flexibility index (Phi) is 5.14. The van der Waals surface area contributed by atoms with Gasteiger partial charge in [0, 0.05) is 12.2 Å². The Morgan fingerprint density at radius 1 is 1.39 bits per heavy atom. The summed E-state index contributed by atoms with van der Waals surface area (Å²) in [7, 11) is 0. The summed E-state index contributed by atoms with van der Waals surface area (Å²) < 4.78 is 13.0. The fourth-order valence-electron chi connectivity index (χ4n) is 1.22. The SMILES string of the molecule is N#CCCNC(=O)CNc1ccc(F)c(C#N)c1. The van der Waals surface area contributed by atoms with Gasteiger partial charge in [-0.25, -0.2) is 4.39 Å². The number of amides is 1. The molecule has 0 saturated carbocycles. The fraction of sp³-hybridized carbons (Fsp3) is 0.250. The summed E-state index contributed by atoms with van der Waals surface area (Å²) in [5.41, 5.74) is 0.410. The van der Waals surface area contributed by atoms with E-state index in [9.17, 15) is 9.18 Å². The van der Waals surface area contributed by atoms with Crippen molar-refractivity contribution >= 4 is 11.6 Å². The van der Waals surface area contributed by atoms with Gasteiger partial charge in [-0.2, -0.15) is 10.5 Å². The van der Waals surface area contributed by atoms with Crippen LogP contribution >= 0.6 is 0 Å². The Hall–Kier alpha value is -2.60. The molecule has 0 heterocycles. The van der Waals surface area contributed by atoms with Crippen molar-refractivity contribution in [1.82, 2.24) is 5.32 Å². The first kappa shape index (κ1) is 13.5. The van der Waals surface area contributed by atoms with Gasteiger partial charge in [0.25, 0.3) is 0 Å². The molecule has 0 saturated heterocycles. The molecule has 2 N–H and O–H groups in total. The van der Waals surface area contributed by atoms with E-state index < -0.39 is 5.82 Å². The van der Waals surface area contributed by atoms with Crippen molar-refractivity contribution in [3.05, 3.63) is 29.6 Å². The minimum Gasteiger partial charge on any atom is -0.376 e. The summed E-state index contributed by atoms with van der Waals surface area (Å²) >= 11 is 0. The fourth-order valence-corrected chi connectivity index (χ4v) is 1.22. The molecule has 1 aromatic rings. The van der Waals surface area contributed by atoms with E-state index in [1.54, 1.807) is 6.07 Å². The van der Waals surface area contributed by atoms with Crippen LogP contribution in [0.2, 0.25) is 0 Å². The number of nitrogens with zero attached hydrogens (tertiary/aromatic N) is 2. The molecule has 1 rings (SSSR count). The zero-order valence-electron chi connectivity index (χ0n) is 9.53. The molecule has 0 aliphatic carbocycles. The van der Waals surface area contributed by atoms with Crippen molar-refractivity contribution in [3.8, 4) is 12.1 Å². The zero-order valence-corrected chi connectivity index (χ0v) is 9.53. The Bertz CT molecular complexity index is 516. The van der Waals surface area contributed by atoms with Gasteiger partial charge in [-0.05, 0) is 18.2 Å². The van der Waals surface area contributed by atoms with E-state index >= 15 is 0 Å². The lowest BCUT2D eigenvalue weighted by Crippen LogP contribution is -2.30. The maximum atomic E-state index is 13.0. The normalized spacial score (nSPS) is 9.06. The van der Waals surface area contributed by atoms with E-state index in [0.29, 0.717) is 12.2 Å². The molecule has 5 nitrogen and oxygen atoms in total. The topological polar surface area (TPSA) is 88.7 Å². The lowest BCUT2D eigenvalue weighted by atomic mass is 10.2. The molecular weight excluding hydrogens is 235 g/mol. The van der Waals surface area contributed by atoms with Gasteiger partial charge >= 0.3 is 0 Å². The molecule has 0 spiro atoms. The molecule has 0 fully saturated rings. The highest BCUT2D eigenvalue weighted by atomic mass is 19.1. The lowest BCUT2D eigenvalue weighted by molar-refractivity contribution is -0.119. The monoisotopic (exact) mass is 246 g/mol. The van der Waals surface area contributed by atoms with Gasteiger partial charge in [-0.1, -0.05) is 0 Å². The van der Waals surface area contributed by atoms with Gasteiger partial charge < -0.3 is 10.6 Å². The summed E-state index contributed by atoms with van der Waals surface area (Å²) in [6.07, 6.45) is 0.251. The van der Waals surface area contributed by atoms with Crippen molar-refractivity contribution in [2.75, 3.05) is 18.4 Å². The van der Waals surface area contributed by atoms with Crippen LogP contribution in [0, 0.1) is 28.5 Å². The summed E-state index contributed by atoms with van der Waals surface area (Å²) in [5, 5.41) is 22.2. The molecule has 6 heteroatoms. The van der Waals surface area contributed by atoms with E-state index in [1.165, 1.54) is 12.1 Å². The predicted octanol–water partition coefficient (Wildman–Crippen LogP) is 1.14. The predicted molar refractivity (Wildman–Crippen MR) is 62.8 cm³/mol. The number of halogens is 1. The van der Waals surface area contributed by atoms with Crippen LogP contribution in [0.1, 0.15) is 12.0 Å². The Morgan fingerprint density at radius 2 is 2.17 bits per heavy atom. The number of rotatable bonds is 5. The number of nitriles is 2. The molecule has 1 aromatic carbocycles. The van der Waals surface area contributed by atoms with Crippen molar-refractivity contribution in [3.63, 3.8) is 0 Å². The van der Waals surface area contributed by atoms with Crippen LogP contribution in [0.25, 0.3) is 0 Å². The molecule has 0 aliphatic heterocycles. The number of carbonyl (C=O) groups excluding carboxylic acids is 1. The average molecular weight is 246 g/mol. The summed E-state index contributed by atoms with van der Waals surface area (Å²) in [5.74, 6) is -0.866. The second-order valence-electron chi connectivity index (χ2n) is 3.42. The molecular formula is C12H11FN4O. The quantitative estimate of drug-likeness (QED) is 0.762. The summed E-state index contributed by atoms with van der Waals surface area (Å²) in [4.78, 5) is 11.3. The first-order valence-corrected chi connectivity index (χ1v) is 5.24. The second kappa shape index (κ2) is 6.87. The van der Waals surface area contributed by atoms with E-state index in [4.69, 9.17) is 10.5 Å². The molecule has 0 radical (unpaired) electrons. The highest BCUT2D eigenvalue weighted by Gasteiger charge is 2.04. The van der Waals surface area contributed by atoms with Gasteiger partial charge in [0.2, 0.25) is 5.91 Å². The minimum atomic E-state index is -0.596. The van der Waals surface area contributed by atoms with Gasteiger partial charge in [0.1, 0.15) is 11.9 Å². The molecule has 92 valence electrons. The Balaban J connectivity index is 2.47. The number of carbonyl (C=O) groups is 1. The number of anilines is 1. The smallest absolute Gasteiger partial charge is 0.239 e. The van der Waals surface area contributed by atoms with Gasteiger partial charge in [0.15, 0.2) is 0 Å². The first-order valence-electron chi connectivity index (χ1n) is 5.24. The number of nitrogens with one attached hydrogen (secondary N) is 2. The molecule has 18 heavy (non-hydrogen) atoms. The standard InChI is InChI=1S/C12H11FN4O/c13-11-3-2-10(6-9(11)7-15)17-8-12(18)16-5-1-4-14/h2-3,6,17H,1,5,8H2,(H,16,18). The number of hydrogen-bond acceptors (Lipinski definition) is 4. The Morgan fingerprint density at radius 3 is 2.83 bits per heavy atom. The molecule has 0 aliphatic rings. The van der Waals surface area contributed by atoms with Crippen LogP contribution in [0.4, 0.5) is 10.1 Å². The second-order valence-corrected chi connectivity index (χ2v) is 3.42. The van der Waals surface area contributed by atoms with Crippen LogP contribution in [-0.4, -0.2) is 19.0 Å². The van der Waals surface area contributed by atoms with Gasteiger partial charge in [-0.3, -0.25) is 4.79 Å². The number of benzene rings is 1. The minimum absolute atomic E-state index is 0.00191. The highest BCUT2D eigenvalue weighted by Crippen LogP contribution is 2.13. The lowest BCUT2D eigenvalue weighted by Gasteiger charge is -2.07. The maximum Gasteiger partial charge on any atom is 0.239 e. The van der Waals surface area contributed by atoms with E-state index in [0.717, 1.165) is 6.07 Å². The van der Waals surface area contributed by atoms with Crippen molar-refractivity contribution < 1.29 is 9.18 Å². The third kappa shape index (κ3) is 4.11. The largest absolute Gasteiger partial charge is 0.376 e. The molecule has 0 bridgehead atoms. The first-order chi connectivity index (χ1) is 8.67. The van der Waals surface area contributed by atoms with Crippen LogP contribution in [0.3, 0.4) is 0 Å². The Labute approximate surface area is 104 Å².